The molecular weight excluding hydrogens is 334 g/mol. The fourth-order valence-electron chi connectivity index (χ4n) is 2.41. The van der Waals surface area contributed by atoms with Crippen molar-refractivity contribution in [1.29, 1.82) is 0 Å². The van der Waals surface area contributed by atoms with Gasteiger partial charge in [-0.1, -0.05) is 12.1 Å². The number of rotatable bonds is 6. The van der Waals surface area contributed by atoms with E-state index in [0.717, 1.165) is 23.4 Å². The van der Waals surface area contributed by atoms with Crippen LogP contribution >= 0.6 is 11.3 Å². The Balaban J connectivity index is 1.61. The fourth-order valence-corrected chi connectivity index (χ4v) is 3.20. The minimum absolute atomic E-state index is 0.126. The Morgan fingerprint density at radius 3 is 2.96 bits per heavy atom. The van der Waals surface area contributed by atoms with Crippen LogP contribution in [0, 0.1) is 13.8 Å². The molecule has 0 radical (unpaired) electrons. The van der Waals surface area contributed by atoms with Crippen LogP contribution in [0.15, 0.2) is 42.0 Å². The molecule has 130 valence electrons. The molecule has 0 aliphatic carbocycles. The van der Waals surface area contributed by atoms with Gasteiger partial charge in [0.2, 0.25) is 0 Å². The Kier molecular flexibility index (Phi) is 5.19. The molecule has 1 N–H and O–H groups in total. The zero-order chi connectivity index (χ0) is 17.8. The highest BCUT2D eigenvalue weighted by atomic mass is 32.1. The monoisotopic (exact) mass is 355 g/mol. The summed E-state index contributed by atoms with van der Waals surface area (Å²) in [6.07, 6.45) is 3.47. The molecule has 5 nitrogen and oxygen atoms in total. The number of aryl methyl sites for hydroxylation is 2. The van der Waals surface area contributed by atoms with Crippen molar-refractivity contribution >= 4 is 22.9 Å². The summed E-state index contributed by atoms with van der Waals surface area (Å²) >= 11 is 1.41. The molecule has 2 aromatic heterocycles. The van der Waals surface area contributed by atoms with Crippen LogP contribution in [0.3, 0.4) is 0 Å². The number of thiophene rings is 1. The number of carbonyl (C=O) groups is 1. The van der Waals surface area contributed by atoms with E-state index in [-0.39, 0.29) is 5.91 Å². The maximum absolute atomic E-state index is 12.3. The van der Waals surface area contributed by atoms with E-state index in [0.29, 0.717) is 17.2 Å². The molecule has 1 aromatic carbocycles. The number of carbonyl (C=O) groups excluding carboxylic acids is 1. The van der Waals surface area contributed by atoms with Crippen molar-refractivity contribution < 1.29 is 9.53 Å². The van der Waals surface area contributed by atoms with Gasteiger partial charge in [0.25, 0.3) is 5.91 Å². The second-order valence-corrected chi connectivity index (χ2v) is 6.76. The third-order valence-electron chi connectivity index (χ3n) is 4.04. The molecule has 3 aromatic rings. The van der Waals surface area contributed by atoms with Gasteiger partial charge in [-0.25, -0.2) is 0 Å². The average Bonchev–Trinajstić information content (AvgIpc) is 3.25. The molecule has 25 heavy (non-hydrogen) atoms. The van der Waals surface area contributed by atoms with E-state index in [1.54, 1.807) is 10.9 Å². The maximum atomic E-state index is 12.3. The summed E-state index contributed by atoms with van der Waals surface area (Å²) in [5.41, 5.74) is 4.04. The number of nitrogens with one attached hydrogen (secondary N) is 1. The molecule has 0 spiro atoms. The Morgan fingerprint density at radius 1 is 1.36 bits per heavy atom. The number of nitrogens with zero attached hydrogens (tertiary/aromatic N) is 2. The summed E-state index contributed by atoms with van der Waals surface area (Å²) in [7, 11) is 0. The van der Waals surface area contributed by atoms with Gasteiger partial charge in [0, 0.05) is 18.3 Å². The van der Waals surface area contributed by atoms with Crippen LogP contribution in [0.5, 0.6) is 5.75 Å². The van der Waals surface area contributed by atoms with Gasteiger partial charge in [-0.05, 0) is 49.4 Å². The molecule has 2 heterocycles. The number of ether oxygens (including phenoxy) is 1. The zero-order valence-electron chi connectivity index (χ0n) is 14.6. The van der Waals surface area contributed by atoms with Crippen LogP contribution in [0.2, 0.25) is 0 Å². The molecular formula is C19H21N3O2S. The van der Waals surface area contributed by atoms with Gasteiger partial charge in [0.05, 0.1) is 16.8 Å². The predicted molar refractivity (Wildman–Crippen MR) is 100 cm³/mol. The Bertz CT molecular complexity index is 882. The number of amides is 1. The smallest absolute Gasteiger partial charge is 0.265 e. The molecule has 6 heteroatoms. The molecule has 0 bridgehead atoms. The first kappa shape index (κ1) is 17.2. The van der Waals surface area contributed by atoms with E-state index < -0.39 is 0 Å². The summed E-state index contributed by atoms with van der Waals surface area (Å²) in [5, 5.41) is 8.97. The molecule has 0 saturated heterocycles. The number of aromatic nitrogens is 2. The fraction of sp³-hybridized carbons (Fsp3) is 0.263. The number of hydrogen-bond acceptors (Lipinski definition) is 4. The van der Waals surface area contributed by atoms with Crippen molar-refractivity contribution in [3.05, 3.63) is 63.6 Å². The molecule has 0 fully saturated rings. The Labute approximate surface area is 151 Å². The molecule has 0 aliphatic heterocycles. The van der Waals surface area contributed by atoms with Crippen molar-refractivity contribution in [3.8, 4) is 5.75 Å². The van der Waals surface area contributed by atoms with Crippen molar-refractivity contribution in [1.82, 2.24) is 9.78 Å². The summed E-state index contributed by atoms with van der Waals surface area (Å²) in [6, 6.07) is 7.89. The highest BCUT2D eigenvalue weighted by molar-refractivity contribution is 7.12. The molecule has 0 atom stereocenters. The molecule has 0 unspecified atom stereocenters. The number of anilines is 1. The summed E-state index contributed by atoms with van der Waals surface area (Å²) < 4.78 is 7.67. The lowest BCUT2D eigenvalue weighted by atomic mass is 10.1. The standard InChI is InChI=1S/C19H21N3O2S/c1-4-22-10-16(9-20-22)21-19(23)18-8-15(12-25-18)11-24-17-7-5-6-13(2)14(17)3/h5-10,12H,4,11H2,1-3H3,(H,21,23). The third-order valence-corrected chi connectivity index (χ3v) is 5.02. The minimum Gasteiger partial charge on any atom is -0.489 e. The largest absolute Gasteiger partial charge is 0.489 e. The molecule has 1 amide bonds. The highest BCUT2D eigenvalue weighted by Crippen LogP contribution is 2.23. The van der Waals surface area contributed by atoms with Crippen molar-refractivity contribution in [2.45, 2.75) is 33.9 Å². The SMILES string of the molecule is CCn1cc(NC(=O)c2cc(COc3cccc(C)c3C)cs2)cn1. The van der Waals surface area contributed by atoms with Crippen LogP contribution in [0.4, 0.5) is 5.69 Å². The summed E-state index contributed by atoms with van der Waals surface area (Å²) in [5.74, 6) is 0.753. The van der Waals surface area contributed by atoms with E-state index in [1.165, 1.54) is 16.9 Å². The topological polar surface area (TPSA) is 56.2 Å². The van der Waals surface area contributed by atoms with Crippen LogP contribution in [0.1, 0.15) is 33.3 Å². The average molecular weight is 355 g/mol. The quantitative estimate of drug-likeness (QED) is 0.712. The van der Waals surface area contributed by atoms with Gasteiger partial charge >= 0.3 is 0 Å². The third kappa shape index (κ3) is 4.09. The maximum Gasteiger partial charge on any atom is 0.265 e. The highest BCUT2D eigenvalue weighted by Gasteiger charge is 2.11. The van der Waals surface area contributed by atoms with Crippen molar-refractivity contribution in [2.24, 2.45) is 0 Å². The van der Waals surface area contributed by atoms with Crippen LogP contribution in [0.25, 0.3) is 0 Å². The first-order valence-corrected chi connectivity index (χ1v) is 9.05. The van der Waals surface area contributed by atoms with Crippen LogP contribution in [-0.2, 0) is 13.2 Å². The van der Waals surface area contributed by atoms with Gasteiger partial charge in [0.15, 0.2) is 0 Å². The zero-order valence-corrected chi connectivity index (χ0v) is 15.4. The van der Waals surface area contributed by atoms with E-state index in [1.807, 2.05) is 43.6 Å². The van der Waals surface area contributed by atoms with Gasteiger partial charge in [-0.2, -0.15) is 5.10 Å². The van der Waals surface area contributed by atoms with Gasteiger partial charge in [-0.15, -0.1) is 11.3 Å². The van der Waals surface area contributed by atoms with Gasteiger partial charge in [0.1, 0.15) is 12.4 Å². The van der Waals surface area contributed by atoms with Crippen LogP contribution < -0.4 is 10.1 Å². The van der Waals surface area contributed by atoms with Crippen LogP contribution in [-0.4, -0.2) is 15.7 Å². The van der Waals surface area contributed by atoms with E-state index in [4.69, 9.17) is 4.74 Å². The first-order valence-electron chi connectivity index (χ1n) is 8.17. The number of benzene rings is 1. The first-order chi connectivity index (χ1) is 12.1. The van der Waals surface area contributed by atoms with Crippen molar-refractivity contribution in [2.75, 3.05) is 5.32 Å². The lowest BCUT2D eigenvalue weighted by Crippen LogP contribution is -2.09. The Morgan fingerprint density at radius 2 is 2.20 bits per heavy atom. The summed E-state index contributed by atoms with van der Waals surface area (Å²) in [6.45, 7) is 7.33. The van der Waals surface area contributed by atoms with Gasteiger partial charge in [-0.3, -0.25) is 9.48 Å². The molecule has 0 saturated carbocycles. The minimum atomic E-state index is -0.126. The predicted octanol–water partition coefficient (Wildman–Crippen LogP) is 4.41. The lowest BCUT2D eigenvalue weighted by Gasteiger charge is -2.09. The van der Waals surface area contributed by atoms with Crippen molar-refractivity contribution in [3.63, 3.8) is 0 Å². The number of hydrogen-bond donors (Lipinski definition) is 1. The second kappa shape index (κ2) is 7.53. The molecule has 3 rings (SSSR count). The molecule has 0 aliphatic rings. The normalized spacial score (nSPS) is 10.7. The lowest BCUT2D eigenvalue weighted by molar-refractivity contribution is 0.103. The Hall–Kier alpha value is -2.60. The van der Waals surface area contributed by atoms with E-state index in [9.17, 15) is 4.79 Å². The second-order valence-electron chi connectivity index (χ2n) is 5.84. The van der Waals surface area contributed by atoms with E-state index >= 15 is 0 Å². The summed E-state index contributed by atoms with van der Waals surface area (Å²) in [4.78, 5) is 13.0. The van der Waals surface area contributed by atoms with Gasteiger partial charge < -0.3 is 10.1 Å². The van der Waals surface area contributed by atoms with E-state index in [2.05, 4.69) is 23.4 Å².